The number of thiazole rings is 1. The Hall–Kier alpha value is -2.53. The summed E-state index contributed by atoms with van der Waals surface area (Å²) in [7, 11) is 0. The molecule has 0 aliphatic carbocycles. The maximum Gasteiger partial charge on any atom is 0.354 e. The Morgan fingerprint density at radius 2 is 2.00 bits per heavy atom. The van der Waals surface area contributed by atoms with Crippen LogP contribution in [0.4, 0.5) is 0 Å². The first-order valence-electron chi connectivity index (χ1n) is 6.80. The van der Waals surface area contributed by atoms with Gasteiger partial charge >= 0.3 is 5.97 Å². The zero-order valence-electron chi connectivity index (χ0n) is 12.0. The molecule has 110 valence electrons. The van der Waals surface area contributed by atoms with E-state index in [9.17, 15) is 4.79 Å². The fraction of sp³-hybridized carbons (Fsp3) is 0.118. The van der Waals surface area contributed by atoms with Gasteiger partial charge in [0.15, 0.2) is 0 Å². The maximum absolute atomic E-state index is 11.0. The number of hydrogen-bond acceptors (Lipinski definition) is 4. The van der Waals surface area contributed by atoms with Crippen LogP contribution in [-0.4, -0.2) is 21.0 Å². The first kappa shape index (κ1) is 14.4. The molecule has 4 nitrogen and oxygen atoms in total. The summed E-state index contributed by atoms with van der Waals surface area (Å²) >= 11 is 1.61. The standard InChI is InChI=1S/C17H14N2O2S/c1-11-8-19-15(17(20)21)7-14(11)6-12-2-4-13(5-3-12)16-9-18-10-22-16/h2-5,7-10H,6H2,1H3,(H,20,21). The predicted octanol–water partition coefficient (Wildman–Crippen LogP) is 3.80. The van der Waals surface area contributed by atoms with Crippen LogP contribution in [0, 0.1) is 6.92 Å². The summed E-state index contributed by atoms with van der Waals surface area (Å²) < 4.78 is 0. The van der Waals surface area contributed by atoms with E-state index in [0.29, 0.717) is 6.42 Å². The molecule has 0 aliphatic heterocycles. The van der Waals surface area contributed by atoms with Gasteiger partial charge in [-0.2, -0.15) is 0 Å². The van der Waals surface area contributed by atoms with Gasteiger partial charge in [0.2, 0.25) is 0 Å². The molecule has 1 aromatic carbocycles. The minimum Gasteiger partial charge on any atom is -0.477 e. The molecule has 0 bridgehead atoms. The van der Waals surface area contributed by atoms with Gasteiger partial charge in [-0.1, -0.05) is 24.3 Å². The molecular weight excluding hydrogens is 296 g/mol. The average Bonchev–Trinajstić information content (AvgIpc) is 3.04. The molecule has 5 heteroatoms. The molecule has 22 heavy (non-hydrogen) atoms. The monoisotopic (exact) mass is 310 g/mol. The summed E-state index contributed by atoms with van der Waals surface area (Å²) in [6, 6.07) is 9.91. The van der Waals surface area contributed by atoms with E-state index in [1.807, 2.05) is 18.6 Å². The first-order chi connectivity index (χ1) is 10.6. The van der Waals surface area contributed by atoms with Gasteiger partial charge in [-0.05, 0) is 41.7 Å². The fourth-order valence-electron chi connectivity index (χ4n) is 2.24. The molecule has 2 aromatic heterocycles. The number of pyridine rings is 1. The van der Waals surface area contributed by atoms with Crippen LogP contribution in [0.2, 0.25) is 0 Å². The van der Waals surface area contributed by atoms with E-state index in [1.165, 1.54) is 0 Å². The number of carbonyl (C=O) groups is 1. The van der Waals surface area contributed by atoms with Crippen molar-refractivity contribution in [1.82, 2.24) is 9.97 Å². The number of nitrogens with zero attached hydrogens (tertiary/aromatic N) is 2. The zero-order valence-corrected chi connectivity index (χ0v) is 12.8. The van der Waals surface area contributed by atoms with Crippen LogP contribution in [-0.2, 0) is 6.42 Å². The molecule has 1 N–H and O–H groups in total. The molecular formula is C17H14N2O2S. The lowest BCUT2D eigenvalue weighted by molar-refractivity contribution is 0.0690. The van der Waals surface area contributed by atoms with Crippen molar-refractivity contribution >= 4 is 17.3 Å². The van der Waals surface area contributed by atoms with Crippen molar-refractivity contribution in [1.29, 1.82) is 0 Å². The van der Waals surface area contributed by atoms with E-state index in [-0.39, 0.29) is 5.69 Å². The topological polar surface area (TPSA) is 63.1 Å². The highest BCUT2D eigenvalue weighted by Crippen LogP contribution is 2.24. The largest absolute Gasteiger partial charge is 0.477 e. The molecule has 0 saturated carbocycles. The molecule has 0 saturated heterocycles. The summed E-state index contributed by atoms with van der Waals surface area (Å²) in [4.78, 5) is 20.2. The third-order valence-corrected chi connectivity index (χ3v) is 4.32. The number of carboxylic acids is 1. The summed E-state index contributed by atoms with van der Waals surface area (Å²) in [5.74, 6) is -0.998. The Balaban J connectivity index is 1.84. The molecule has 0 spiro atoms. The Bertz CT molecular complexity index is 796. The van der Waals surface area contributed by atoms with Crippen LogP contribution in [0.15, 0.2) is 48.2 Å². The van der Waals surface area contributed by atoms with Gasteiger partial charge in [0.1, 0.15) is 5.69 Å². The number of aromatic carboxylic acids is 1. The van der Waals surface area contributed by atoms with Crippen LogP contribution < -0.4 is 0 Å². The molecule has 0 aliphatic rings. The Morgan fingerprint density at radius 1 is 1.23 bits per heavy atom. The third kappa shape index (κ3) is 3.04. The van der Waals surface area contributed by atoms with Crippen LogP contribution in [0.5, 0.6) is 0 Å². The molecule has 0 radical (unpaired) electrons. The van der Waals surface area contributed by atoms with Crippen molar-refractivity contribution in [2.24, 2.45) is 0 Å². The smallest absolute Gasteiger partial charge is 0.354 e. The van der Waals surface area contributed by atoms with Crippen LogP contribution >= 0.6 is 11.3 Å². The molecule has 3 rings (SSSR count). The maximum atomic E-state index is 11.0. The van der Waals surface area contributed by atoms with Gasteiger partial charge in [-0.3, -0.25) is 4.98 Å². The van der Waals surface area contributed by atoms with Gasteiger partial charge in [0, 0.05) is 12.4 Å². The molecule has 0 fully saturated rings. The van der Waals surface area contributed by atoms with Gasteiger partial charge in [-0.25, -0.2) is 9.78 Å². The lowest BCUT2D eigenvalue weighted by Crippen LogP contribution is -2.03. The molecule has 3 aromatic rings. The van der Waals surface area contributed by atoms with Gasteiger partial charge in [0.05, 0.1) is 10.4 Å². The first-order valence-corrected chi connectivity index (χ1v) is 7.68. The van der Waals surface area contributed by atoms with Crippen molar-refractivity contribution in [3.05, 3.63) is 70.6 Å². The fourth-order valence-corrected chi connectivity index (χ4v) is 2.87. The second-order valence-corrected chi connectivity index (χ2v) is 5.93. The summed E-state index contributed by atoms with van der Waals surface area (Å²) in [5.41, 5.74) is 6.16. The highest BCUT2D eigenvalue weighted by atomic mass is 32.1. The van der Waals surface area contributed by atoms with Gasteiger partial charge in [-0.15, -0.1) is 11.3 Å². The minimum atomic E-state index is -0.998. The summed E-state index contributed by atoms with van der Waals surface area (Å²) in [6.07, 6.45) is 4.16. The zero-order chi connectivity index (χ0) is 15.5. The molecule has 0 amide bonds. The van der Waals surface area contributed by atoms with Crippen molar-refractivity contribution in [2.45, 2.75) is 13.3 Å². The number of rotatable bonds is 4. The second-order valence-electron chi connectivity index (χ2n) is 5.04. The summed E-state index contributed by atoms with van der Waals surface area (Å²) in [6.45, 7) is 1.94. The SMILES string of the molecule is Cc1cnc(C(=O)O)cc1Cc1ccc(-c2cncs2)cc1. The predicted molar refractivity (Wildman–Crippen MR) is 86.3 cm³/mol. The normalized spacial score (nSPS) is 10.6. The van der Waals surface area contributed by atoms with E-state index in [0.717, 1.165) is 27.1 Å². The summed E-state index contributed by atoms with van der Waals surface area (Å²) in [5, 5.41) is 9.04. The minimum absolute atomic E-state index is 0.0851. The van der Waals surface area contributed by atoms with Crippen LogP contribution in [0.3, 0.4) is 0 Å². The number of aromatic nitrogens is 2. The second kappa shape index (κ2) is 6.07. The number of hydrogen-bond donors (Lipinski definition) is 1. The Kier molecular flexibility index (Phi) is 3.98. The Morgan fingerprint density at radius 3 is 2.64 bits per heavy atom. The van der Waals surface area contributed by atoms with Crippen molar-refractivity contribution in [3.8, 4) is 10.4 Å². The van der Waals surface area contributed by atoms with E-state index < -0.39 is 5.97 Å². The molecule has 2 heterocycles. The van der Waals surface area contributed by atoms with Crippen LogP contribution in [0.25, 0.3) is 10.4 Å². The molecule has 0 unspecified atom stereocenters. The van der Waals surface area contributed by atoms with Crippen molar-refractivity contribution in [3.63, 3.8) is 0 Å². The highest BCUT2D eigenvalue weighted by Gasteiger charge is 2.09. The van der Waals surface area contributed by atoms with Crippen LogP contribution in [0.1, 0.15) is 27.2 Å². The quantitative estimate of drug-likeness (QED) is 0.796. The number of aryl methyl sites for hydroxylation is 1. The van der Waals surface area contributed by atoms with Crippen molar-refractivity contribution < 1.29 is 9.90 Å². The van der Waals surface area contributed by atoms with E-state index in [4.69, 9.17) is 5.11 Å². The molecule has 0 atom stereocenters. The van der Waals surface area contributed by atoms with Gasteiger partial charge < -0.3 is 5.11 Å². The van der Waals surface area contributed by atoms with Gasteiger partial charge in [0.25, 0.3) is 0 Å². The highest BCUT2D eigenvalue weighted by molar-refractivity contribution is 7.13. The number of carboxylic acid groups (broad SMARTS) is 1. The van der Waals surface area contributed by atoms with E-state index in [1.54, 1.807) is 23.6 Å². The lowest BCUT2D eigenvalue weighted by Gasteiger charge is -2.07. The average molecular weight is 310 g/mol. The lowest BCUT2D eigenvalue weighted by atomic mass is 10.00. The third-order valence-electron chi connectivity index (χ3n) is 3.50. The number of benzene rings is 1. The van der Waals surface area contributed by atoms with E-state index in [2.05, 4.69) is 34.2 Å². The van der Waals surface area contributed by atoms with E-state index >= 15 is 0 Å². The van der Waals surface area contributed by atoms with Crippen molar-refractivity contribution in [2.75, 3.05) is 0 Å². The Labute approximate surface area is 132 Å².